The first-order chi connectivity index (χ1) is 9.69. The number of aryl methyl sites for hydroxylation is 1. The van der Waals surface area contributed by atoms with Crippen LogP contribution in [0, 0.1) is 12.7 Å². The van der Waals surface area contributed by atoms with Crippen LogP contribution in [0.25, 0.3) is 22.4 Å². The van der Waals surface area contributed by atoms with Gasteiger partial charge in [0.1, 0.15) is 11.3 Å². The third-order valence-electron chi connectivity index (χ3n) is 3.05. The molecule has 0 radical (unpaired) electrons. The Kier molecular flexibility index (Phi) is 3.10. The van der Waals surface area contributed by atoms with E-state index in [9.17, 15) is 4.39 Å². The van der Waals surface area contributed by atoms with Crippen LogP contribution in [0.15, 0.2) is 34.9 Å². The molecule has 4 nitrogen and oxygen atoms in total. The Labute approximate surface area is 115 Å². The van der Waals surface area contributed by atoms with E-state index in [2.05, 4.69) is 15.3 Å². The van der Waals surface area contributed by atoms with Crippen molar-refractivity contribution in [3.8, 4) is 11.5 Å². The Balaban J connectivity index is 2.14. The maximum atomic E-state index is 13.9. The topological polar surface area (TPSA) is 51.0 Å². The Morgan fingerprint density at radius 3 is 2.95 bits per heavy atom. The first-order valence-corrected chi connectivity index (χ1v) is 6.45. The van der Waals surface area contributed by atoms with E-state index < -0.39 is 5.82 Å². The lowest BCUT2D eigenvalue weighted by Gasteiger charge is -2.03. The van der Waals surface area contributed by atoms with E-state index in [1.807, 2.05) is 32.0 Å². The highest BCUT2D eigenvalue weighted by molar-refractivity contribution is 5.84. The molecule has 0 saturated heterocycles. The van der Waals surface area contributed by atoms with Gasteiger partial charge in [-0.15, -0.1) is 0 Å². The predicted octanol–water partition coefficient (Wildman–Crippen LogP) is 3.77. The van der Waals surface area contributed by atoms with Crippen molar-refractivity contribution in [3.63, 3.8) is 0 Å². The van der Waals surface area contributed by atoms with Crippen LogP contribution < -0.4 is 5.32 Å². The van der Waals surface area contributed by atoms with Crippen molar-refractivity contribution in [1.82, 2.24) is 9.97 Å². The SMILES string of the molecule is CCNc1ncc(F)c(-c2cc3cccc(C)c3o2)n1. The lowest BCUT2D eigenvalue weighted by molar-refractivity contribution is 0.589. The van der Waals surface area contributed by atoms with Gasteiger partial charge in [-0.1, -0.05) is 18.2 Å². The van der Waals surface area contributed by atoms with Crippen LogP contribution >= 0.6 is 0 Å². The van der Waals surface area contributed by atoms with Gasteiger partial charge in [0.25, 0.3) is 0 Å². The van der Waals surface area contributed by atoms with E-state index in [-0.39, 0.29) is 5.69 Å². The lowest BCUT2D eigenvalue weighted by atomic mass is 10.2. The van der Waals surface area contributed by atoms with Crippen LogP contribution in [-0.4, -0.2) is 16.5 Å². The van der Waals surface area contributed by atoms with E-state index in [0.29, 0.717) is 18.3 Å². The van der Waals surface area contributed by atoms with E-state index in [0.717, 1.165) is 22.7 Å². The summed E-state index contributed by atoms with van der Waals surface area (Å²) in [7, 11) is 0. The van der Waals surface area contributed by atoms with Crippen LogP contribution in [0.2, 0.25) is 0 Å². The number of hydrogen-bond donors (Lipinski definition) is 1. The fraction of sp³-hybridized carbons (Fsp3) is 0.200. The van der Waals surface area contributed by atoms with Gasteiger partial charge in [-0.2, -0.15) is 0 Å². The number of hydrogen-bond acceptors (Lipinski definition) is 4. The number of aromatic nitrogens is 2. The Morgan fingerprint density at radius 2 is 2.20 bits per heavy atom. The molecule has 2 aromatic heterocycles. The summed E-state index contributed by atoms with van der Waals surface area (Å²) in [5.41, 5.74) is 1.94. The average molecular weight is 271 g/mol. The molecule has 0 unspecified atom stereocenters. The van der Waals surface area contributed by atoms with Crippen molar-refractivity contribution in [3.05, 3.63) is 41.8 Å². The minimum atomic E-state index is -0.497. The Hall–Kier alpha value is -2.43. The Morgan fingerprint density at radius 1 is 1.35 bits per heavy atom. The molecule has 3 rings (SSSR count). The molecule has 0 spiro atoms. The highest BCUT2D eigenvalue weighted by atomic mass is 19.1. The second-order valence-corrected chi connectivity index (χ2v) is 4.52. The van der Waals surface area contributed by atoms with Crippen LogP contribution in [0.4, 0.5) is 10.3 Å². The molecule has 0 aliphatic rings. The number of para-hydroxylation sites is 1. The largest absolute Gasteiger partial charge is 0.454 e. The van der Waals surface area contributed by atoms with E-state index in [1.54, 1.807) is 6.07 Å². The summed E-state index contributed by atoms with van der Waals surface area (Å²) in [6.45, 7) is 4.55. The number of nitrogens with zero attached hydrogens (tertiary/aromatic N) is 2. The molecule has 0 saturated carbocycles. The molecule has 3 aromatic rings. The van der Waals surface area contributed by atoms with E-state index in [1.165, 1.54) is 0 Å². The van der Waals surface area contributed by atoms with Gasteiger partial charge < -0.3 is 9.73 Å². The van der Waals surface area contributed by atoms with Gasteiger partial charge in [-0.25, -0.2) is 14.4 Å². The van der Waals surface area contributed by atoms with Crippen LogP contribution in [0.5, 0.6) is 0 Å². The smallest absolute Gasteiger partial charge is 0.223 e. The van der Waals surface area contributed by atoms with Crippen molar-refractivity contribution in [2.45, 2.75) is 13.8 Å². The summed E-state index contributed by atoms with van der Waals surface area (Å²) < 4.78 is 19.7. The number of anilines is 1. The quantitative estimate of drug-likeness (QED) is 0.787. The molecule has 0 bridgehead atoms. The molecule has 0 atom stereocenters. The lowest BCUT2D eigenvalue weighted by Crippen LogP contribution is -2.03. The molecule has 0 amide bonds. The maximum absolute atomic E-state index is 13.9. The highest BCUT2D eigenvalue weighted by Crippen LogP contribution is 2.30. The summed E-state index contributed by atoms with van der Waals surface area (Å²) in [6, 6.07) is 7.62. The van der Waals surface area contributed by atoms with Crippen molar-refractivity contribution in [2.24, 2.45) is 0 Å². The molecule has 5 heteroatoms. The van der Waals surface area contributed by atoms with Gasteiger partial charge in [0.15, 0.2) is 11.6 Å². The Bertz CT molecular complexity index is 767. The van der Waals surface area contributed by atoms with Crippen molar-refractivity contribution >= 4 is 16.9 Å². The zero-order valence-electron chi connectivity index (χ0n) is 11.3. The molecule has 2 heterocycles. The number of rotatable bonds is 3. The minimum absolute atomic E-state index is 0.173. The molecular formula is C15H14FN3O. The molecule has 0 aliphatic heterocycles. The predicted molar refractivity (Wildman–Crippen MR) is 76.1 cm³/mol. The van der Waals surface area contributed by atoms with Crippen molar-refractivity contribution < 1.29 is 8.81 Å². The molecule has 20 heavy (non-hydrogen) atoms. The number of halogens is 1. The second kappa shape index (κ2) is 4.92. The third-order valence-corrected chi connectivity index (χ3v) is 3.05. The van der Waals surface area contributed by atoms with E-state index >= 15 is 0 Å². The van der Waals surface area contributed by atoms with Gasteiger partial charge >= 0.3 is 0 Å². The number of furan rings is 1. The molecule has 0 fully saturated rings. The summed E-state index contributed by atoms with van der Waals surface area (Å²) in [5.74, 6) is 0.304. The van der Waals surface area contributed by atoms with Gasteiger partial charge in [0.05, 0.1) is 6.20 Å². The first kappa shape index (κ1) is 12.6. The third kappa shape index (κ3) is 2.11. The van der Waals surface area contributed by atoms with Crippen LogP contribution in [-0.2, 0) is 0 Å². The fourth-order valence-corrected chi connectivity index (χ4v) is 2.11. The zero-order valence-corrected chi connectivity index (χ0v) is 11.3. The molecule has 102 valence electrons. The highest BCUT2D eigenvalue weighted by Gasteiger charge is 2.14. The standard InChI is InChI=1S/C15H14FN3O/c1-3-17-15-18-8-11(16)13(19-15)12-7-10-6-4-5-9(2)14(10)20-12/h4-8H,3H2,1-2H3,(H,17,18,19). The van der Waals surface area contributed by atoms with Crippen LogP contribution in [0.1, 0.15) is 12.5 Å². The summed E-state index contributed by atoms with van der Waals surface area (Å²) in [6.07, 6.45) is 1.15. The number of nitrogens with one attached hydrogen (secondary N) is 1. The van der Waals surface area contributed by atoms with Gasteiger partial charge in [-0.05, 0) is 25.5 Å². The monoisotopic (exact) mass is 271 g/mol. The number of benzene rings is 1. The van der Waals surface area contributed by atoms with Crippen LogP contribution in [0.3, 0.4) is 0 Å². The maximum Gasteiger partial charge on any atom is 0.223 e. The summed E-state index contributed by atoms with van der Waals surface area (Å²) in [4.78, 5) is 8.05. The minimum Gasteiger partial charge on any atom is -0.454 e. The fourth-order valence-electron chi connectivity index (χ4n) is 2.11. The van der Waals surface area contributed by atoms with Gasteiger partial charge in [0, 0.05) is 11.9 Å². The molecule has 0 aliphatic carbocycles. The summed E-state index contributed by atoms with van der Waals surface area (Å²) in [5, 5.41) is 3.89. The molecule has 1 N–H and O–H groups in total. The summed E-state index contributed by atoms with van der Waals surface area (Å²) >= 11 is 0. The van der Waals surface area contributed by atoms with Gasteiger partial charge in [-0.3, -0.25) is 0 Å². The molecule has 1 aromatic carbocycles. The zero-order chi connectivity index (χ0) is 14.1. The van der Waals surface area contributed by atoms with Crippen molar-refractivity contribution in [1.29, 1.82) is 0 Å². The number of fused-ring (bicyclic) bond motifs is 1. The second-order valence-electron chi connectivity index (χ2n) is 4.52. The normalized spacial score (nSPS) is 10.9. The average Bonchev–Trinajstić information content (AvgIpc) is 2.86. The van der Waals surface area contributed by atoms with Gasteiger partial charge in [0.2, 0.25) is 5.95 Å². The van der Waals surface area contributed by atoms with Crippen molar-refractivity contribution in [2.75, 3.05) is 11.9 Å². The molecular weight excluding hydrogens is 257 g/mol. The first-order valence-electron chi connectivity index (χ1n) is 6.45. The van der Waals surface area contributed by atoms with E-state index in [4.69, 9.17) is 4.42 Å².